The molecule has 0 nitrogen and oxygen atoms in total. The van der Waals surface area contributed by atoms with Gasteiger partial charge in [-0.15, -0.1) is 0 Å². The number of rotatable bonds is 3. The molecule has 0 amide bonds. The van der Waals surface area contributed by atoms with E-state index in [4.69, 9.17) is 69.6 Å². The van der Waals surface area contributed by atoms with Gasteiger partial charge in [0.2, 0.25) is 0 Å². The summed E-state index contributed by atoms with van der Waals surface area (Å²) in [7, 11) is 0.385. The Kier molecular flexibility index (Phi) is 32.6. The molecule has 240 valence electrons. The predicted molar refractivity (Wildman–Crippen MR) is 161 cm³/mol. The molecule has 0 spiro atoms. The molecule has 0 bridgehead atoms. The minimum absolute atomic E-state index is 0. The second-order valence-electron chi connectivity index (χ2n) is 9.60. The normalized spacial score (nSPS) is 18.4. The second kappa shape index (κ2) is 27.8. The Hall–Kier alpha value is 2.50. The number of halogens is 11. The Labute approximate surface area is 299 Å². The quantitative estimate of drug-likeness (QED) is 0.133. The van der Waals surface area contributed by atoms with Crippen molar-refractivity contribution in [1.82, 2.24) is 0 Å². The molecule has 0 N–H and O–H groups in total. The molecule has 3 aliphatic carbocycles. The van der Waals surface area contributed by atoms with Gasteiger partial charge in [-0.05, 0) is 55.5 Å². The van der Waals surface area contributed by atoms with Crippen LogP contribution in [0.1, 0.15) is 102 Å². The van der Waals surface area contributed by atoms with E-state index in [9.17, 15) is 13.2 Å². The molecule has 1 aromatic rings. The van der Waals surface area contributed by atoms with Gasteiger partial charge in [0.15, 0.2) is 8.59 Å². The molecule has 1 aromatic carbocycles. The van der Waals surface area contributed by atoms with Crippen LogP contribution in [0.2, 0.25) is 0 Å². The van der Waals surface area contributed by atoms with Crippen LogP contribution < -0.4 is 24.8 Å². The Morgan fingerprint density at radius 2 is 0.850 bits per heavy atom. The van der Waals surface area contributed by atoms with Gasteiger partial charge in [-0.2, -0.15) is 43.5 Å². The SMILES string of the molecule is C1CCC(P(C2CCCCC2)C2CCCCC2)CC1.ClC(Cl)Cl.ClC(Cl)Cl.FC(F)(F)c1cc[c-]cc1.[Au+3].[Cl-].[Cl-]. The van der Waals surface area contributed by atoms with Gasteiger partial charge < -0.3 is 24.8 Å². The molecule has 0 unspecified atom stereocenters. The van der Waals surface area contributed by atoms with Crippen LogP contribution in [0.25, 0.3) is 0 Å². The van der Waals surface area contributed by atoms with E-state index in [0.717, 1.165) is 12.1 Å². The van der Waals surface area contributed by atoms with Gasteiger partial charge in [-0.25, -0.2) is 0 Å². The first-order chi connectivity index (χ1) is 17.5. The van der Waals surface area contributed by atoms with Gasteiger partial charge in [0.25, 0.3) is 0 Å². The van der Waals surface area contributed by atoms with Crippen molar-refractivity contribution in [3.63, 3.8) is 0 Å². The maximum absolute atomic E-state index is 11.8. The van der Waals surface area contributed by atoms with Crippen molar-refractivity contribution in [2.24, 2.45) is 0 Å². The van der Waals surface area contributed by atoms with Crippen LogP contribution in [0.15, 0.2) is 24.3 Å². The Morgan fingerprint density at radius 3 is 1.05 bits per heavy atom. The summed E-state index contributed by atoms with van der Waals surface area (Å²) in [4.78, 5) is 0. The molecular formula is C27H39AuCl8F3P. The van der Waals surface area contributed by atoms with Crippen molar-refractivity contribution in [2.45, 2.75) is 128 Å². The Bertz CT molecular complexity index is 617. The first kappa shape index (κ1) is 46.9. The fourth-order valence-corrected chi connectivity index (χ4v) is 10.3. The molecule has 13 heteroatoms. The summed E-state index contributed by atoms with van der Waals surface area (Å²) >= 11 is 28.8. The molecule has 3 aliphatic rings. The number of hydrogen-bond donors (Lipinski definition) is 0. The van der Waals surface area contributed by atoms with E-state index in [1.807, 2.05) is 0 Å². The summed E-state index contributed by atoms with van der Waals surface area (Å²) in [5.41, 5.74) is 2.94. The molecule has 3 saturated carbocycles. The molecule has 0 heterocycles. The standard InChI is InChI=1S/C18H33P.C7H4F3.2CHCl3.Au.2ClH/c1-4-10-16(11-5-1)19(17-12-6-2-7-13-17)18-14-8-3-9-15-18;8-7(9,10)6-4-2-1-3-5-6;2*2-1(3)4;;;/h16-18H,1-15H2;2-5H;2*1H;;2*1H/q;-1;;;+3;;/p-2. The summed E-state index contributed by atoms with van der Waals surface area (Å²) < 4.78 is 33.8. The largest absolute Gasteiger partial charge is 3.00 e. The number of alkyl halides is 9. The summed E-state index contributed by atoms with van der Waals surface area (Å²) in [6.07, 6.45) is 19.4. The van der Waals surface area contributed by atoms with Crippen LogP contribution in [0, 0.1) is 6.07 Å². The van der Waals surface area contributed by atoms with Crippen molar-refractivity contribution in [3.05, 3.63) is 35.9 Å². The maximum atomic E-state index is 11.8. The van der Waals surface area contributed by atoms with Gasteiger partial charge in [0.1, 0.15) is 0 Å². The van der Waals surface area contributed by atoms with Crippen LogP contribution in [0.3, 0.4) is 0 Å². The molecule has 0 saturated heterocycles. The average molecular weight is 932 g/mol. The molecule has 40 heavy (non-hydrogen) atoms. The van der Waals surface area contributed by atoms with Crippen molar-refractivity contribution in [2.75, 3.05) is 0 Å². The third-order valence-corrected chi connectivity index (χ3v) is 11.1. The minimum Gasteiger partial charge on any atom is -1.00 e. The molecule has 0 atom stereocenters. The summed E-state index contributed by atoms with van der Waals surface area (Å²) in [6.45, 7) is 0. The van der Waals surface area contributed by atoms with Crippen molar-refractivity contribution < 1.29 is 60.4 Å². The average Bonchev–Trinajstić information content (AvgIpc) is 2.86. The summed E-state index contributed by atoms with van der Waals surface area (Å²) in [5.74, 6) is 0. The minimum atomic E-state index is -4.23. The second-order valence-corrected chi connectivity index (χ2v) is 16.6. The van der Waals surface area contributed by atoms with E-state index in [2.05, 4.69) is 6.07 Å². The predicted octanol–water partition coefficient (Wildman–Crippen LogP) is 6.95. The molecule has 0 aliphatic heterocycles. The van der Waals surface area contributed by atoms with Crippen LogP contribution in [0.4, 0.5) is 13.2 Å². The number of hydrogen-bond acceptors (Lipinski definition) is 0. The zero-order chi connectivity index (χ0) is 27.7. The third kappa shape index (κ3) is 22.9. The zero-order valence-corrected chi connectivity index (χ0v) is 31.3. The van der Waals surface area contributed by atoms with E-state index in [1.54, 1.807) is 77.0 Å². The molecular weight excluding hydrogens is 893 g/mol. The monoisotopic (exact) mass is 928 g/mol. The Morgan fingerprint density at radius 1 is 0.600 bits per heavy atom. The van der Waals surface area contributed by atoms with Gasteiger partial charge in [0, 0.05) is 0 Å². The van der Waals surface area contributed by atoms with Crippen molar-refractivity contribution in [3.8, 4) is 0 Å². The van der Waals surface area contributed by atoms with Crippen LogP contribution in [-0.2, 0) is 28.6 Å². The summed E-state index contributed by atoms with van der Waals surface area (Å²) in [5, 5.41) is 0. The molecule has 3 fully saturated rings. The van der Waals surface area contributed by atoms with E-state index in [1.165, 1.54) is 48.4 Å². The van der Waals surface area contributed by atoms with E-state index >= 15 is 0 Å². The Balaban J connectivity index is -0.000000555. The third-order valence-electron chi connectivity index (χ3n) is 7.03. The van der Waals surface area contributed by atoms with E-state index in [0.29, 0.717) is 7.92 Å². The van der Waals surface area contributed by atoms with E-state index in [-0.39, 0.29) is 47.2 Å². The fraction of sp³-hybridized carbons (Fsp3) is 0.778. The first-order valence-electron chi connectivity index (χ1n) is 13.2. The van der Waals surface area contributed by atoms with Crippen LogP contribution in [0.5, 0.6) is 0 Å². The molecule has 0 radical (unpaired) electrons. The van der Waals surface area contributed by atoms with Gasteiger partial charge in [-0.3, -0.25) is 0 Å². The van der Waals surface area contributed by atoms with Gasteiger partial charge in [-0.1, -0.05) is 141 Å². The van der Waals surface area contributed by atoms with Gasteiger partial charge in [0.05, 0.1) is 0 Å². The van der Waals surface area contributed by atoms with Crippen molar-refractivity contribution >= 4 is 77.5 Å². The molecule has 4 rings (SSSR count). The topological polar surface area (TPSA) is 0 Å². The first-order valence-corrected chi connectivity index (χ1v) is 17.3. The fourth-order valence-electron chi connectivity index (χ4n) is 5.61. The van der Waals surface area contributed by atoms with E-state index < -0.39 is 20.3 Å². The number of benzene rings is 1. The summed E-state index contributed by atoms with van der Waals surface area (Å²) in [6, 6.07) is 6.95. The molecule has 0 aromatic heterocycles. The smallest absolute Gasteiger partial charge is 1.00 e. The van der Waals surface area contributed by atoms with Crippen LogP contribution in [-0.4, -0.2) is 25.6 Å². The zero-order valence-electron chi connectivity index (χ0n) is 22.2. The maximum Gasteiger partial charge on any atom is 3.00 e. The van der Waals surface area contributed by atoms with Crippen molar-refractivity contribution in [1.29, 1.82) is 0 Å². The van der Waals surface area contributed by atoms with Crippen LogP contribution >= 0.6 is 77.5 Å². The van der Waals surface area contributed by atoms with Gasteiger partial charge >= 0.3 is 28.6 Å².